The number of Topliss-reactive ketones (excluding diaryl/α,β-unsaturated/α-hetero) is 2. The van der Waals surface area contributed by atoms with Gasteiger partial charge in [-0.2, -0.15) is 0 Å². The van der Waals surface area contributed by atoms with Crippen LogP contribution in [0.3, 0.4) is 0 Å². The van der Waals surface area contributed by atoms with Crippen LogP contribution in [0.5, 0.6) is 0 Å². The standard InChI is InChI=1S/C26H21NO3/c1-15-8-11-18(12-9-15)24(29)22-21(23(28)17-6-4-3-5-7-17)26(22)19-14-16(2)10-13-20(19)27-25(26)30/h3-14,21-22H,1-2H3,(H,27,30). The Bertz CT molecular complexity index is 1200. The summed E-state index contributed by atoms with van der Waals surface area (Å²) < 4.78 is 0. The number of carbonyl (C=O) groups excluding carboxylic acids is 3. The van der Waals surface area contributed by atoms with Crippen molar-refractivity contribution in [2.45, 2.75) is 19.3 Å². The average Bonchev–Trinajstić information content (AvgIpc) is 3.38. The minimum atomic E-state index is -1.14. The van der Waals surface area contributed by atoms with Gasteiger partial charge in [0.25, 0.3) is 0 Å². The fourth-order valence-corrected chi connectivity index (χ4v) is 4.86. The van der Waals surface area contributed by atoms with E-state index < -0.39 is 17.3 Å². The summed E-state index contributed by atoms with van der Waals surface area (Å²) in [7, 11) is 0. The third-order valence-electron chi connectivity index (χ3n) is 6.41. The molecule has 1 saturated carbocycles. The number of carbonyl (C=O) groups is 3. The summed E-state index contributed by atoms with van der Waals surface area (Å²) in [5, 5.41) is 2.92. The molecule has 0 aromatic heterocycles. The Morgan fingerprint density at radius 1 is 0.767 bits per heavy atom. The second-order valence-electron chi connectivity index (χ2n) is 8.29. The Balaban J connectivity index is 1.65. The van der Waals surface area contributed by atoms with Crippen molar-refractivity contribution >= 4 is 23.2 Å². The number of anilines is 1. The Morgan fingerprint density at radius 3 is 1.97 bits per heavy atom. The molecule has 3 unspecified atom stereocenters. The topological polar surface area (TPSA) is 63.2 Å². The number of benzene rings is 3. The van der Waals surface area contributed by atoms with Gasteiger partial charge in [-0.25, -0.2) is 0 Å². The highest BCUT2D eigenvalue weighted by molar-refractivity contribution is 6.22. The number of ketones is 2. The molecule has 0 saturated heterocycles. The number of fused-ring (bicyclic) bond motifs is 2. The number of nitrogens with one attached hydrogen (secondary N) is 1. The van der Waals surface area contributed by atoms with Crippen molar-refractivity contribution in [2.75, 3.05) is 5.32 Å². The van der Waals surface area contributed by atoms with Gasteiger partial charge in [0.05, 0.1) is 17.3 Å². The van der Waals surface area contributed by atoms with Crippen LogP contribution in [0.1, 0.15) is 37.4 Å². The Kier molecular flexibility index (Phi) is 4.00. The monoisotopic (exact) mass is 395 g/mol. The van der Waals surface area contributed by atoms with Crippen LogP contribution in [-0.2, 0) is 10.2 Å². The van der Waals surface area contributed by atoms with E-state index in [0.29, 0.717) is 16.8 Å². The zero-order valence-electron chi connectivity index (χ0n) is 16.8. The van der Waals surface area contributed by atoms with E-state index in [0.717, 1.165) is 16.7 Å². The van der Waals surface area contributed by atoms with Crippen LogP contribution in [-0.4, -0.2) is 17.5 Å². The highest BCUT2D eigenvalue weighted by Gasteiger charge is 2.78. The number of hydrogen-bond acceptors (Lipinski definition) is 3. The molecule has 1 heterocycles. The average molecular weight is 395 g/mol. The lowest BCUT2D eigenvalue weighted by Crippen LogP contribution is -2.26. The quantitative estimate of drug-likeness (QED) is 0.662. The second kappa shape index (κ2) is 6.49. The smallest absolute Gasteiger partial charge is 0.236 e. The van der Waals surface area contributed by atoms with Gasteiger partial charge in [-0.05, 0) is 25.5 Å². The van der Waals surface area contributed by atoms with Gasteiger partial charge in [0, 0.05) is 16.8 Å². The Morgan fingerprint density at radius 2 is 1.33 bits per heavy atom. The lowest BCUT2D eigenvalue weighted by atomic mass is 9.89. The molecule has 1 aliphatic carbocycles. The van der Waals surface area contributed by atoms with E-state index in [1.54, 1.807) is 36.4 Å². The van der Waals surface area contributed by atoms with E-state index in [2.05, 4.69) is 5.32 Å². The normalized spacial score (nSPS) is 23.7. The van der Waals surface area contributed by atoms with Crippen LogP contribution >= 0.6 is 0 Å². The third-order valence-corrected chi connectivity index (χ3v) is 6.41. The van der Waals surface area contributed by atoms with Crippen molar-refractivity contribution in [3.63, 3.8) is 0 Å². The molecule has 4 nitrogen and oxygen atoms in total. The van der Waals surface area contributed by atoms with Crippen molar-refractivity contribution in [3.05, 3.63) is 101 Å². The molecule has 30 heavy (non-hydrogen) atoms. The first-order valence-corrected chi connectivity index (χ1v) is 10.1. The summed E-state index contributed by atoms with van der Waals surface area (Å²) in [5.74, 6) is -2.00. The van der Waals surface area contributed by atoms with Crippen molar-refractivity contribution in [1.82, 2.24) is 0 Å². The maximum Gasteiger partial charge on any atom is 0.236 e. The third kappa shape index (κ3) is 2.50. The number of aryl methyl sites for hydroxylation is 2. The molecule has 0 bridgehead atoms. The second-order valence-corrected chi connectivity index (χ2v) is 8.29. The Labute approximate surface area is 174 Å². The van der Waals surface area contributed by atoms with Gasteiger partial charge in [-0.1, -0.05) is 77.9 Å². The first-order valence-electron chi connectivity index (χ1n) is 10.1. The van der Waals surface area contributed by atoms with E-state index in [9.17, 15) is 14.4 Å². The summed E-state index contributed by atoms with van der Waals surface area (Å²) in [5.41, 5.74) is 3.40. The van der Waals surface area contributed by atoms with Crippen LogP contribution in [0.2, 0.25) is 0 Å². The predicted molar refractivity (Wildman–Crippen MR) is 115 cm³/mol. The molecule has 0 radical (unpaired) electrons. The summed E-state index contributed by atoms with van der Waals surface area (Å²) in [4.78, 5) is 40.3. The van der Waals surface area contributed by atoms with Gasteiger partial charge < -0.3 is 5.32 Å². The summed E-state index contributed by atoms with van der Waals surface area (Å²) >= 11 is 0. The lowest BCUT2D eigenvalue weighted by Gasteiger charge is -2.10. The zero-order chi connectivity index (χ0) is 21.0. The molecule has 148 valence electrons. The molecule has 1 fully saturated rings. The van der Waals surface area contributed by atoms with E-state index in [1.807, 2.05) is 50.2 Å². The zero-order valence-corrected chi connectivity index (χ0v) is 16.8. The highest BCUT2D eigenvalue weighted by Crippen LogP contribution is 2.66. The highest BCUT2D eigenvalue weighted by atomic mass is 16.2. The Hall–Kier alpha value is -3.53. The first-order chi connectivity index (χ1) is 14.4. The summed E-state index contributed by atoms with van der Waals surface area (Å²) in [6.45, 7) is 3.90. The van der Waals surface area contributed by atoms with Gasteiger partial charge in [0.15, 0.2) is 11.6 Å². The van der Waals surface area contributed by atoms with Gasteiger partial charge in [0.1, 0.15) is 0 Å². The van der Waals surface area contributed by atoms with Gasteiger partial charge in [0.2, 0.25) is 5.91 Å². The molecule has 1 N–H and O–H groups in total. The van der Waals surface area contributed by atoms with Crippen molar-refractivity contribution in [2.24, 2.45) is 11.8 Å². The molecular weight excluding hydrogens is 374 g/mol. The number of hydrogen-bond donors (Lipinski definition) is 1. The van der Waals surface area contributed by atoms with Gasteiger partial charge in [-0.3, -0.25) is 14.4 Å². The van der Waals surface area contributed by atoms with E-state index >= 15 is 0 Å². The van der Waals surface area contributed by atoms with Crippen LogP contribution in [0, 0.1) is 25.7 Å². The molecule has 2 aliphatic rings. The van der Waals surface area contributed by atoms with Crippen molar-refractivity contribution in [1.29, 1.82) is 0 Å². The summed E-state index contributed by atoms with van der Waals surface area (Å²) in [6, 6.07) is 21.9. The molecule has 3 aromatic rings. The fraction of sp³-hybridized carbons (Fsp3) is 0.192. The molecule has 3 atom stereocenters. The van der Waals surface area contributed by atoms with Crippen molar-refractivity contribution < 1.29 is 14.4 Å². The van der Waals surface area contributed by atoms with Crippen LogP contribution in [0.4, 0.5) is 5.69 Å². The molecule has 1 aliphatic heterocycles. The van der Waals surface area contributed by atoms with Gasteiger partial charge in [-0.15, -0.1) is 0 Å². The lowest BCUT2D eigenvalue weighted by molar-refractivity contribution is -0.118. The molecule has 5 rings (SSSR count). The first kappa shape index (κ1) is 18.5. The number of rotatable bonds is 4. The largest absolute Gasteiger partial charge is 0.325 e. The maximum atomic E-state index is 13.5. The molecule has 1 spiro atoms. The van der Waals surface area contributed by atoms with Crippen molar-refractivity contribution in [3.8, 4) is 0 Å². The van der Waals surface area contributed by atoms with E-state index in [1.165, 1.54) is 0 Å². The molecule has 3 aromatic carbocycles. The predicted octanol–water partition coefficient (Wildman–Crippen LogP) is 4.51. The minimum absolute atomic E-state index is 0.159. The maximum absolute atomic E-state index is 13.5. The number of amides is 1. The molecule has 4 heteroatoms. The van der Waals surface area contributed by atoms with E-state index in [4.69, 9.17) is 0 Å². The van der Waals surface area contributed by atoms with Gasteiger partial charge >= 0.3 is 0 Å². The summed E-state index contributed by atoms with van der Waals surface area (Å²) in [6.07, 6.45) is 0. The minimum Gasteiger partial charge on any atom is -0.325 e. The van der Waals surface area contributed by atoms with Crippen LogP contribution < -0.4 is 5.32 Å². The molecular formula is C26H21NO3. The van der Waals surface area contributed by atoms with E-state index in [-0.39, 0.29) is 17.5 Å². The van der Waals surface area contributed by atoms with Crippen LogP contribution in [0.25, 0.3) is 0 Å². The molecule has 1 amide bonds. The van der Waals surface area contributed by atoms with Crippen LogP contribution in [0.15, 0.2) is 72.8 Å². The fourth-order valence-electron chi connectivity index (χ4n) is 4.86. The SMILES string of the molecule is Cc1ccc(C(=O)C2C(C(=O)c3ccccc3)C23C(=O)Nc2ccc(C)cc23)cc1.